The molecule has 0 aliphatic heterocycles. The molecule has 3 amide bonds. The van der Waals surface area contributed by atoms with Gasteiger partial charge >= 0.3 is 6.03 Å². The van der Waals surface area contributed by atoms with Crippen molar-refractivity contribution in [1.82, 2.24) is 15.5 Å². The van der Waals surface area contributed by atoms with Crippen LogP contribution in [-0.4, -0.2) is 37.0 Å². The number of carbonyl (C=O) groups excluding carboxylic acids is 2. The molecule has 6 nitrogen and oxygen atoms in total. The van der Waals surface area contributed by atoms with E-state index in [4.69, 9.17) is 4.42 Å². The van der Waals surface area contributed by atoms with Gasteiger partial charge in [-0.1, -0.05) is 25.1 Å². The van der Waals surface area contributed by atoms with Crippen LogP contribution in [0.5, 0.6) is 0 Å². The van der Waals surface area contributed by atoms with Crippen LogP contribution in [0, 0.1) is 0 Å². The summed E-state index contributed by atoms with van der Waals surface area (Å²) in [7, 11) is 1.82. The first-order valence-corrected chi connectivity index (χ1v) is 7.77. The molecule has 0 saturated heterocycles. The number of furan rings is 1. The Balaban J connectivity index is 1.92. The lowest BCUT2D eigenvalue weighted by Gasteiger charge is -2.22. The average Bonchev–Trinajstić information content (AvgIpc) is 2.95. The lowest BCUT2D eigenvalue weighted by Crippen LogP contribution is -2.44. The van der Waals surface area contributed by atoms with Crippen molar-refractivity contribution in [3.8, 4) is 0 Å². The number of rotatable bonds is 6. The van der Waals surface area contributed by atoms with Crippen molar-refractivity contribution >= 4 is 22.9 Å². The highest BCUT2D eigenvalue weighted by Crippen LogP contribution is 2.26. The second-order valence-electron chi connectivity index (χ2n) is 5.58. The summed E-state index contributed by atoms with van der Waals surface area (Å²) in [5.41, 5.74) is 0.825. The normalized spacial score (nSPS) is 12.3. The lowest BCUT2D eigenvalue weighted by atomic mass is 10.2. The van der Waals surface area contributed by atoms with E-state index in [2.05, 4.69) is 10.6 Å². The molecule has 0 aliphatic carbocycles. The number of nitrogens with one attached hydrogen (secondary N) is 2. The Morgan fingerprint density at radius 1 is 1.30 bits per heavy atom. The number of hydrogen-bond donors (Lipinski definition) is 2. The molecule has 1 aromatic carbocycles. The number of amides is 3. The van der Waals surface area contributed by atoms with Gasteiger partial charge in [-0.3, -0.25) is 15.0 Å². The van der Waals surface area contributed by atoms with Gasteiger partial charge in [-0.05, 0) is 32.5 Å². The highest BCUT2D eigenvalue weighted by molar-refractivity contribution is 5.95. The van der Waals surface area contributed by atoms with Gasteiger partial charge < -0.3 is 9.73 Å². The number of para-hydroxylation sites is 1. The number of likely N-dealkylation sites (N-methyl/N-ethyl adjacent to an activating group) is 1. The van der Waals surface area contributed by atoms with E-state index in [0.717, 1.165) is 23.2 Å². The molecule has 2 rings (SSSR count). The highest BCUT2D eigenvalue weighted by Gasteiger charge is 2.19. The molecule has 0 radical (unpaired) electrons. The Labute approximate surface area is 135 Å². The molecule has 0 fully saturated rings. The fourth-order valence-corrected chi connectivity index (χ4v) is 2.24. The molecule has 0 spiro atoms. The number of hydrogen-bond acceptors (Lipinski definition) is 4. The highest BCUT2D eigenvalue weighted by atomic mass is 16.3. The summed E-state index contributed by atoms with van der Waals surface area (Å²) in [5.74, 6) is 0.445. The van der Waals surface area contributed by atoms with Gasteiger partial charge in [0.25, 0.3) is 0 Å². The Hall–Kier alpha value is -2.34. The molecule has 1 unspecified atom stereocenters. The van der Waals surface area contributed by atoms with E-state index >= 15 is 0 Å². The summed E-state index contributed by atoms with van der Waals surface area (Å²) < 4.78 is 5.81. The van der Waals surface area contributed by atoms with E-state index in [1.54, 1.807) is 0 Å². The molecule has 6 heteroatoms. The van der Waals surface area contributed by atoms with Crippen LogP contribution in [0.2, 0.25) is 0 Å². The summed E-state index contributed by atoms with van der Waals surface area (Å²) in [6.07, 6.45) is 0.824. The summed E-state index contributed by atoms with van der Waals surface area (Å²) in [6, 6.07) is 9.22. The third-order valence-corrected chi connectivity index (χ3v) is 3.70. The zero-order chi connectivity index (χ0) is 16.8. The van der Waals surface area contributed by atoms with Crippen LogP contribution in [-0.2, 0) is 4.79 Å². The zero-order valence-electron chi connectivity index (χ0n) is 13.8. The van der Waals surface area contributed by atoms with Crippen molar-refractivity contribution in [2.45, 2.75) is 26.3 Å². The number of imide groups is 1. The van der Waals surface area contributed by atoms with Crippen molar-refractivity contribution in [3.63, 3.8) is 0 Å². The van der Waals surface area contributed by atoms with Crippen molar-refractivity contribution < 1.29 is 14.0 Å². The van der Waals surface area contributed by atoms with E-state index in [1.165, 1.54) is 0 Å². The monoisotopic (exact) mass is 317 g/mol. The topological polar surface area (TPSA) is 74.6 Å². The summed E-state index contributed by atoms with van der Waals surface area (Å²) in [6.45, 7) is 4.56. The van der Waals surface area contributed by atoms with Gasteiger partial charge in [-0.25, -0.2) is 4.79 Å². The molecule has 0 saturated carbocycles. The van der Waals surface area contributed by atoms with Gasteiger partial charge in [0.1, 0.15) is 11.3 Å². The minimum Gasteiger partial charge on any atom is -0.459 e. The van der Waals surface area contributed by atoms with Crippen molar-refractivity contribution in [2.75, 3.05) is 20.1 Å². The van der Waals surface area contributed by atoms with Crippen LogP contribution in [0.1, 0.15) is 32.1 Å². The smallest absolute Gasteiger partial charge is 0.321 e. The van der Waals surface area contributed by atoms with Gasteiger partial charge in [-0.15, -0.1) is 0 Å². The van der Waals surface area contributed by atoms with Gasteiger partial charge in [0.2, 0.25) is 5.91 Å². The quantitative estimate of drug-likeness (QED) is 0.859. The molecule has 0 aliphatic rings. The molecule has 1 heterocycles. The minimum atomic E-state index is -0.457. The van der Waals surface area contributed by atoms with Crippen LogP contribution in [0.4, 0.5) is 4.79 Å². The predicted octanol–water partition coefficient (Wildman–Crippen LogP) is 2.66. The fraction of sp³-hybridized carbons (Fsp3) is 0.412. The predicted molar refractivity (Wildman–Crippen MR) is 89.1 cm³/mol. The van der Waals surface area contributed by atoms with Crippen molar-refractivity contribution in [3.05, 3.63) is 36.1 Å². The Bertz CT molecular complexity index is 648. The Morgan fingerprint density at radius 3 is 2.74 bits per heavy atom. The van der Waals surface area contributed by atoms with Crippen molar-refractivity contribution in [1.29, 1.82) is 0 Å². The second-order valence-corrected chi connectivity index (χ2v) is 5.58. The van der Waals surface area contributed by atoms with Gasteiger partial charge in [-0.2, -0.15) is 0 Å². The second kappa shape index (κ2) is 7.78. The molecular formula is C17H23N3O3. The Morgan fingerprint density at radius 2 is 2.04 bits per heavy atom. The number of urea groups is 1. The molecular weight excluding hydrogens is 294 g/mol. The summed E-state index contributed by atoms with van der Waals surface area (Å²) in [5, 5.41) is 5.96. The zero-order valence-corrected chi connectivity index (χ0v) is 13.8. The average molecular weight is 317 g/mol. The first-order valence-electron chi connectivity index (χ1n) is 7.77. The van der Waals surface area contributed by atoms with Crippen molar-refractivity contribution in [2.24, 2.45) is 0 Å². The number of benzene rings is 1. The summed E-state index contributed by atoms with van der Waals surface area (Å²) >= 11 is 0. The first kappa shape index (κ1) is 17.0. The third-order valence-electron chi connectivity index (χ3n) is 3.70. The van der Waals surface area contributed by atoms with E-state index in [0.29, 0.717) is 6.54 Å². The first-order chi connectivity index (χ1) is 11.0. The van der Waals surface area contributed by atoms with E-state index in [9.17, 15) is 9.59 Å². The van der Waals surface area contributed by atoms with Gasteiger partial charge in [0.15, 0.2) is 0 Å². The maximum absolute atomic E-state index is 11.9. The van der Waals surface area contributed by atoms with Crippen LogP contribution in [0.25, 0.3) is 11.0 Å². The maximum atomic E-state index is 11.9. The molecule has 2 N–H and O–H groups in total. The molecule has 0 bridgehead atoms. The van der Waals surface area contributed by atoms with Crippen LogP contribution >= 0.6 is 0 Å². The molecule has 124 valence electrons. The largest absolute Gasteiger partial charge is 0.459 e. The standard InChI is InChI=1S/C17H23N3O3/c1-4-9-18-17(22)19-16(21)11-20(3)12(2)15-10-13-7-5-6-8-14(13)23-15/h5-8,10,12H,4,9,11H2,1-3H3,(H2,18,19,21,22). The number of carbonyl (C=O) groups is 2. The minimum absolute atomic E-state index is 0.0770. The SMILES string of the molecule is CCCNC(=O)NC(=O)CN(C)C(C)c1cc2ccccc2o1. The maximum Gasteiger partial charge on any atom is 0.321 e. The Kier molecular flexibility index (Phi) is 5.76. The van der Waals surface area contributed by atoms with E-state index in [1.807, 2.05) is 56.1 Å². The van der Waals surface area contributed by atoms with Gasteiger partial charge in [0.05, 0.1) is 12.6 Å². The molecule has 1 atom stereocenters. The molecule has 23 heavy (non-hydrogen) atoms. The van der Waals surface area contributed by atoms with Crippen LogP contribution < -0.4 is 10.6 Å². The lowest BCUT2D eigenvalue weighted by molar-refractivity contribution is -0.121. The number of nitrogens with zero attached hydrogens (tertiary/aromatic N) is 1. The van der Waals surface area contributed by atoms with Gasteiger partial charge in [0, 0.05) is 11.9 Å². The third kappa shape index (κ3) is 4.56. The number of fused-ring (bicyclic) bond motifs is 1. The molecule has 2 aromatic rings. The van der Waals surface area contributed by atoms with E-state index in [-0.39, 0.29) is 18.5 Å². The summed E-state index contributed by atoms with van der Waals surface area (Å²) in [4.78, 5) is 25.2. The van der Waals surface area contributed by atoms with E-state index < -0.39 is 6.03 Å². The van der Waals surface area contributed by atoms with Crippen LogP contribution in [0.3, 0.4) is 0 Å². The fourth-order valence-electron chi connectivity index (χ4n) is 2.24. The van der Waals surface area contributed by atoms with Crippen LogP contribution in [0.15, 0.2) is 34.7 Å². The molecule has 1 aromatic heterocycles.